The molecule has 5 nitrogen and oxygen atoms in total. The number of rotatable bonds is 8. The lowest BCUT2D eigenvalue weighted by atomic mass is 10.1. The van der Waals surface area contributed by atoms with Crippen molar-refractivity contribution < 1.29 is 14.4 Å². The van der Waals surface area contributed by atoms with Crippen molar-refractivity contribution in [2.24, 2.45) is 0 Å². The molecule has 2 aromatic carbocycles. The number of anilines is 1. The Bertz CT molecular complexity index is 1040. The standard InChI is InChI=1S/C24H22N2O3S2/c1-17(27)19-12-14-20(15-13-19)25-22(28)11-6-16-26-23(29)21(31-24(26)30)10-5-9-18-7-3-2-4-8-18/h2-5,7-10,12-15H,6,11,16H2,1H3,(H,25,28). The van der Waals surface area contributed by atoms with Gasteiger partial charge in [-0.25, -0.2) is 0 Å². The van der Waals surface area contributed by atoms with Crippen LogP contribution in [0.4, 0.5) is 5.69 Å². The molecule has 0 radical (unpaired) electrons. The van der Waals surface area contributed by atoms with E-state index in [1.807, 2.05) is 42.5 Å². The van der Waals surface area contributed by atoms with Gasteiger partial charge in [-0.3, -0.25) is 19.3 Å². The molecular weight excluding hydrogens is 428 g/mol. The van der Waals surface area contributed by atoms with E-state index in [0.717, 1.165) is 5.56 Å². The fraction of sp³-hybridized carbons (Fsp3) is 0.167. The Morgan fingerprint density at radius 1 is 1.10 bits per heavy atom. The number of benzene rings is 2. The van der Waals surface area contributed by atoms with Gasteiger partial charge in [0.05, 0.1) is 4.91 Å². The maximum atomic E-state index is 12.6. The summed E-state index contributed by atoms with van der Waals surface area (Å²) in [6.45, 7) is 1.89. The van der Waals surface area contributed by atoms with E-state index in [0.29, 0.717) is 33.4 Å². The largest absolute Gasteiger partial charge is 0.326 e. The van der Waals surface area contributed by atoms with Crippen molar-refractivity contribution in [3.8, 4) is 0 Å². The number of carbonyl (C=O) groups is 3. The summed E-state index contributed by atoms with van der Waals surface area (Å²) in [6.07, 6.45) is 6.30. The zero-order valence-electron chi connectivity index (χ0n) is 17.0. The average molecular weight is 451 g/mol. The number of nitrogens with one attached hydrogen (secondary N) is 1. The molecule has 1 aliphatic rings. The second kappa shape index (κ2) is 10.8. The molecule has 0 spiro atoms. The normalized spacial score (nSPS) is 15.1. The number of thiocarbonyl (C=S) groups is 1. The van der Waals surface area contributed by atoms with Crippen molar-refractivity contribution in [3.05, 3.63) is 82.8 Å². The predicted molar refractivity (Wildman–Crippen MR) is 130 cm³/mol. The van der Waals surface area contributed by atoms with Crippen LogP contribution in [0.5, 0.6) is 0 Å². The van der Waals surface area contributed by atoms with Crippen molar-refractivity contribution in [2.45, 2.75) is 19.8 Å². The molecule has 0 bridgehead atoms. The van der Waals surface area contributed by atoms with E-state index < -0.39 is 0 Å². The Balaban J connectivity index is 1.47. The first-order chi connectivity index (χ1) is 14.9. The lowest BCUT2D eigenvalue weighted by molar-refractivity contribution is -0.122. The summed E-state index contributed by atoms with van der Waals surface area (Å²) >= 11 is 6.60. The van der Waals surface area contributed by atoms with Crippen LogP contribution in [0.3, 0.4) is 0 Å². The van der Waals surface area contributed by atoms with Crippen LogP contribution in [0.2, 0.25) is 0 Å². The topological polar surface area (TPSA) is 66.5 Å². The van der Waals surface area contributed by atoms with Gasteiger partial charge in [-0.2, -0.15) is 0 Å². The molecule has 31 heavy (non-hydrogen) atoms. The van der Waals surface area contributed by atoms with Crippen molar-refractivity contribution in [1.82, 2.24) is 4.90 Å². The van der Waals surface area contributed by atoms with Crippen molar-refractivity contribution in [2.75, 3.05) is 11.9 Å². The van der Waals surface area contributed by atoms with Gasteiger partial charge in [-0.15, -0.1) is 0 Å². The minimum atomic E-state index is -0.151. The van der Waals surface area contributed by atoms with Crippen molar-refractivity contribution in [3.63, 3.8) is 0 Å². The highest BCUT2D eigenvalue weighted by Crippen LogP contribution is 2.31. The molecule has 0 saturated carbocycles. The van der Waals surface area contributed by atoms with Crippen LogP contribution in [0.15, 0.2) is 71.7 Å². The highest BCUT2D eigenvalue weighted by molar-refractivity contribution is 8.26. The predicted octanol–water partition coefficient (Wildman–Crippen LogP) is 5.07. The van der Waals surface area contributed by atoms with E-state index >= 15 is 0 Å². The van der Waals surface area contributed by atoms with Gasteiger partial charge in [0.2, 0.25) is 5.91 Å². The van der Waals surface area contributed by atoms with E-state index in [1.54, 1.807) is 30.3 Å². The average Bonchev–Trinajstić information content (AvgIpc) is 3.02. The van der Waals surface area contributed by atoms with Crippen LogP contribution in [-0.4, -0.2) is 33.4 Å². The summed E-state index contributed by atoms with van der Waals surface area (Å²) in [5.41, 5.74) is 2.28. The number of hydrogen-bond donors (Lipinski definition) is 1. The van der Waals surface area contributed by atoms with Crippen LogP contribution >= 0.6 is 24.0 Å². The first-order valence-electron chi connectivity index (χ1n) is 9.82. The lowest BCUT2D eigenvalue weighted by Crippen LogP contribution is -2.29. The van der Waals surface area contributed by atoms with E-state index in [4.69, 9.17) is 12.2 Å². The molecular formula is C24H22N2O3S2. The molecule has 1 N–H and O–H groups in total. The van der Waals surface area contributed by atoms with Crippen LogP contribution < -0.4 is 5.32 Å². The third kappa shape index (κ3) is 6.47. The van der Waals surface area contributed by atoms with Gasteiger partial charge in [-0.1, -0.05) is 66.5 Å². The molecule has 1 saturated heterocycles. The Kier molecular flexibility index (Phi) is 7.92. The minimum Gasteiger partial charge on any atom is -0.326 e. The number of hydrogen-bond acceptors (Lipinski definition) is 5. The summed E-state index contributed by atoms with van der Waals surface area (Å²) in [6, 6.07) is 16.6. The highest BCUT2D eigenvalue weighted by Gasteiger charge is 2.31. The fourth-order valence-electron chi connectivity index (χ4n) is 2.93. The zero-order chi connectivity index (χ0) is 22.2. The van der Waals surface area contributed by atoms with Gasteiger partial charge in [0.1, 0.15) is 4.32 Å². The van der Waals surface area contributed by atoms with Crippen LogP contribution in [0.25, 0.3) is 6.08 Å². The van der Waals surface area contributed by atoms with Crippen LogP contribution in [0, 0.1) is 0 Å². The van der Waals surface area contributed by atoms with Gasteiger partial charge in [0.15, 0.2) is 5.78 Å². The van der Waals surface area contributed by atoms with E-state index in [-0.39, 0.29) is 24.0 Å². The molecule has 2 amide bonds. The summed E-state index contributed by atoms with van der Waals surface area (Å²) < 4.78 is 0.504. The second-order valence-corrected chi connectivity index (χ2v) is 8.59. The quantitative estimate of drug-likeness (QED) is 0.346. The number of amides is 2. The van der Waals surface area contributed by atoms with E-state index in [9.17, 15) is 14.4 Å². The monoisotopic (exact) mass is 450 g/mol. The molecule has 0 atom stereocenters. The van der Waals surface area contributed by atoms with E-state index in [2.05, 4.69) is 5.32 Å². The number of carbonyl (C=O) groups excluding carboxylic acids is 3. The number of Topliss-reactive ketones (excluding diaryl/α,β-unsaturated/α-hetero) is 1. The summed E-state index contributed by atoms with van der Waals surface area (Å²) in [4.78, 5) is 38.2. The Morgan fingerprint density at radius 3 is 2.48 bits per heavy atom. The molecule has 3 rings (SSSR count). The number of thioether (sulfide) groups is 1. The molecule has 158 valence electrons. The number of allylic oxidation sites excluding steroid dienone is 2. The molecule has 2 aromatic rings. The van der Waals surface area contributed by atoms with Gasteiger partial charge < -0.3 is 5.32 Å². The first kappa shape index (κ1) is 22.7. The summed E-state index contributed by atoms with van der Waals surface area (Å²) in [5.74, 6) is -0.304. The number of ketones is 1. The van der Waals surface area contributed by atoms with Gasteiger partial charge in [0, 0.05) is 24.2 Å². The van der Waals surface area contributed by atoms with Crippen LogP contribution in [0.1, 0.15) is 35.7 Å². The Labute approximate surface area is 191 Å². The van der Waals surface area contributed by atoms with Crippen LogP contribution in [-0.2, 0) is 9.59 Å². The van der Waals surface area contributed by atoms with Gasteiger partial charge in [-0.05, 0) is 49.2 Å². The summed E-state index contributed by atoms with van der Waals surface area (Å²) in [7, 11) is 0. The second-order valence-electron chi connectivity index (χ2n) is 6.91. The SMILES string of the molecule is CC(=O)c1ccc(NC(=O)CCCN2C(=O)C(=CC=Cc3ccccc3)SC2=S)cc1. The lowest BCUT2D eigenvalue weighted by Gasteiger charge is -2.14. The fourth-order valence-corrected chi connectivity index (χ4v) is 4.19. The molecule has 0 unspecified atom stereocenters. The maximum Gasteiger partial charge on any atom is 0.266 e. The molecule has 1 heterocycles. The molecule has 1 fully saturated rings. The van der Waals surface area contributed by atoms with Crippen molar-refractivity contribution in [1.29, 1.82) is 0 Å². The third-order valence-corrected chi connectivity index (χ3v) is 5.97. The first-order valence-corrected chi connectivity index (χ1v) is 11.0. The Hall–Kier alpha value is -3.03. The highest BCUT2D eigenvalue weighted by atomic mass is 32.2. The zero-order valence-corrected chi connectivity index (χ0v) is 18.7. The Morgan fingerprint density at radius 2 is 1.81 bits per heavy atom. The van der Waals surface area contributed by atoms with Crippen molar-refractivity contribution >= 4 is 57.7 Å². The van der Waals surface area contributed by atoms with Gasteiger partial charge in [0.25, 0.3) is 5.91 Å². The maximum absolute atomic E-state index is 12.6. The molecule has 0 aliphatic carbocycles. The number of nitrogens with zero attached hydrogens (tertiary/aromatic N) is 1. The summed E-state index contributed by atoms with van der Waals surface area (Å²) in [5, 5.41) is 2.80. The van der Waals surface area contributed by atoms with Gasteiger partial charge >= 0.3 is 0 Å². The minimum absolute atomic E-state index is 0.0222. The smallest absolute Gasteiger partial charge is 0.266 e. The molecule has 7 heteroatoms. The molecule has 1 aliphatic heterocycles. The molecule has 0 aromatic heterocycles. The van der Waals surface area contributed by atoms with E-state index in [1.165, 1.54) is 23.6 Å². The third-order valence-electron chi connectivity index (χ3n) is 4.57.